The van der Waals surface area contributed by atoms with Gasteiger partial charge >= 0.3 is 0 Å². The summed E-state index contributed by atoms with van der Waals surface area (Å²) in [5.74, 6) is 0.282. The van der Waals surface area contributed by atoms with Crippen LogP contribution in [0.4, 0.5) is 5.69 Å². The Balaban J connectivity index is 1.42. The number of aliphatic imine (C=N–C) groups is 1. The fourth-order valence-corrected chi connectivity index (χ4v) is 5.22. The van der Waals surface area contributed by atoms with Gasteiger partial charge in [0.25, 0.3) is 5.91 Å². The number of allylic oxidation sites excluding steroid dienone is 3. The van der Waals surface area contributed by atoms with Gasteiger partial charge in [0.1, 0.15) is 5.82 Å². The monoisotopic (exact) mass is 492 g/mol. The quantitative estimate of drug-likeness (QED) is 0.281. The Bertz CT molecular complexity index is 1010. The normalized spacial score (nSPS) is 21.9. The van der Waals surface area contributed by atoms with Gasteiger partial charge < -0.3 is 20.6 Å². The summed E-state index contributed by atoms with van der Waals surface area (Å²) in [5, 5.41) is 16.4. The van der Waals surface area contributed by atoms with Gasteiger partial charge in [0.2, 0.25) is 0 Å². The fraction of sp³-hybridized carbons (Fsp3) is 0.600. The minimum Gasteiger partial charge on any atom is -0.390 e. The molecule has 4 rings (SSSR count). The topological polar surface area (TPSA) is 77.0 Å². The summed E-state index contributed by atoms with van der Waals surface area (Å²) in [7, 11) is 1.89. The molecule has 6 heteroatoms. The third-order valence-electron chi connectivity index (χ3n) is 8.63. The molecule has 1 spiro atoms. The number of carbonyl (C=O) groups is 1. The van der Waals surface area contributed by atoms with Crippen molar-refractivity contribution in [2.24, 2.45) is 10.4 Å². The molecular weight excluding hydrogens is 448 g/mol. The van der Waals surface area contributed by atoms with E-state index in [4.69, 9.17) is 0 Å². The number of anilines is 1. The highest BCUT2D eigenvalue weighted by Gasteiger charge is 2.45. The Hall–Kier alpha value is -2.44. The van der Waals surface area contributed by atoms with E-state index in [1.54, 1.807) is 6.08 Å². The van der Waals surface area contributed by atoms with Crippen molar-refractivity contribution < 1.29 is 9.90 Å². The molecule has 1 saturated heterocycles. The zero-order valence-electron chi connectivity index (χ0n) is 22.4. The van der Waals surface area contributed by atoms with Crippen LogP contribution in [0.1, 0.15) is 87.6 Å². The minimum absolute atomic E-state index is 0.147. The van der Waals surface area contributed by atoms with Crippen LogP contribution in [0.2, 0.25) is 0 Å². The summed E-state index contributed by atoms with van der Waals surface area (Å²) in [6.07, 6.45) is 15.4. The Morgan fingerprint density at radius 1 is 1.19 bits per heavy atom. The summed E-state index contributed by atoms with van der Waals surface area (Å²) in [6.45, 7) is 10.6. The highest BCUT2D eigenvalue weighted by molar-refractivity contribution is 6.01. The number of amides is 1. The van der Waals surface area contributed by atoms with Crippen LogP contribution in [0, 0.1) is 5.41 Å². The van der Waals surface area contributed by atoms with Crippen molar-refractivity contribution in [1.82, 2.24) is 10.6 Å². The fourth-order valence-electron chi connectivity index (χ4n) is 5.22. The van der Waals surface area contributed by atoms with Gasteiger partial charge in [0.15, 0.2) is 0 Å². The van der Waals surface area contributed by atoms with E-state index >= 15 is 0 Å². The molecule has 6 nitrogen and oxygen atoms in total. The molecule has 1 aromatic carbocycles. The van der Waals surface area contributed by atoms with Crippen molar-refractivity contribution in [2.45, 2.75) is 82.7 Å². The SMILES string of the molecule is C=N/C(=C\C=C/CCC(C)(O)CCNC)NC(=O)c1ccc(C2(C)CC2)cc1N1CCC2(CC1)CC2. The first kappa shape index (κ1) is 26.6. The molecule has 3 fully saturated rings. The van der Waals surface area contributed by atoms with Crippen molar-refractivity contribution in [3.8, 4) is 0 Å². The van der Waals surface area contributed by atoms with Gasteiger partial charge in [-0.25, -0.2) is 4.99 Å². The van der Waals surface area contributed by atoms with Gasteiger partial charge in [-0.1, -0.05) is 25.1 Å². The summed E-state index contributed by atoms with van der Waals surface area (Å²) in [5.41, 5.74) is 3.25. The first-order valence-electron chi connectivity index (χ1n) is 13.6. The van der Waals surface area contributed by atoms with Crippen LogP contribution in [0.25, 0.3) is 0 Å². The van der Waals surface area contributed by atoms with Crippen LogP contribution < -0.4 is 15.5 Å². The van der Waals surface area contributed by atoms with Crippen LogP contribution in [-0.2, 0) is 5.41 Å². The van der Waals surface area contributed by atoms with Crippen LogP contribution >= 0.6 is 0 Å². The van der Waals surface area contributed by atoms with E-state index in [1.807, 2.05) is 32.2 Å². The predicted molar refractivity (Wildman–Crippen MR) is 149 cm³/mol. The number of piperidine rings is 1. The average molecular weight is 493 g/mol. The molecule has 3 N–H and O–H groups in total. The second-order valence-corrected chi connectivity index (χ2v) is 11.8. The Morgan fingerprint density at radius 3 is 2.53 bits per heavy atom. The van der Waals surface area contributed by atoms with Crippen LogP contribution in [0.3, 0.4) is 0 Å². The smallest absolute Gasteiger partial charge is 0.258 e. The Labute approximate surface area is 217 Å². The van der Waals surface area contributed by atoms with Gasteiger partial charge in [-0.2, -0.15) is 0 Å². The first-order valence-corrected chi connectivity index (χ1v) is 13.6. The number of benzene rings is 1. The van der Waals surface area contributed by atoms with Gasteiger partial charge in [-0.15, -0.1) is 0 Å². The van der Waals surface area contributed by atoms with E-state index in [-0.39, 0.29) is 11.3 Å². The molecule has 36 heavy (non-hydrogen) atoms. The molecule has 0 aromatic heterocycles. The minimum atomic E-state index is -0.696. The molecule has 1 aromatic rings. The number of nitrogens with one attached hydrogen (secondary N) is 2. The second-order valence-electron chi connectivity index (χ2n) is 11.8. The number of rotatable bonds is 12. The molecule has 1 heterocycles. The van der Waals surface area contributed by atoms with E-state index in [2.05, 4.69) is 46.3 Å². The standard InChI is InChI=1S/C30H44N4O2/c1-28(12-13-28)23-9-10-24(25(22-23)34-20-17-30(14-15-30)18-21-34)27(35)33-26(32-4)8-6-5-7-11-29(2,36)16-19-31-3/h5-6,8-10,22,31,36H,4,7,11-21H2,1-3H3,(H,33,35)/b6-5-,26-8+. The van der Waals surface area contributed by atoms with Gasteiger partial charge in [-0.3, -0.25) is 4.79 Å². The highest BCUT2D eigenvalue weighted by Crippen LogP contribution is 2.54. The van der Waals surface area contributed by atoms with Gasteiger partial charge in [-0.05, 0) is 120 Å². The van der Waals surface area contributed by atoms with Crippen LogP contribution in [0.5, 0.6) is 0 Å². The Morgan fingerprint density at radius 2 is 1.92 bits per heavy atom. The number of nitrogens with zero attached hydrogens (tertiary/aromatic N) is 2. The molecule has 2 aliphatic carbocycles. The molecule has 196 valence electrons. The lowest BCUT2D eigenvalue weighted by molar-refractivity contribution is 0.0437. The molecule has 1 atom stereocenters. The van der Waals surface area contributed by atoms with Crippen molar-refractivity contribution >= 4 is 18.3 Å². The molecule has 2 saturated carbocycles. The van der Waals surface area contributed by atoms with E-state index in [9.17, 15) is 9.90 Å². The maximum atomic E-state index is 13.4. The average Bonchev–Trinajstić information content (AvgIpc) is 3.80. The van der Waals surface area contributed by atoms with E-state index in [0.717, 1.165) is 31.7 Å². The molecule has 0 radical (unpaired) electrons. The lowest BCUT2D eigenvalue weighted by atomic mass is 9.91. The lowest BCUT2D eigenvalue weighted by Gasteiger charge is -2.35. The van der Waals surface area contributed by atoms with Crippen molar-refractivity contribution in [3.63, 3.8) is 0 Å². The molecular formula is C30H44N4O2. The van der Waals surface area contributed by atoms with E-state index in [0.29, 0.717) is 29.6 Å². The highest BCUT2D eigenvalue weighted by atomic mass is 16.3. The summed E-state index contributed by atoms with van der Waals surface area (Å²) < 4.78 is 0. The number of hydrogen-bond donors (Lipinski definition) is 3. The second kappa shape index (κ2) is 10.9. The zero-order chi connectivity index (χ0) is 25.8. The summed E-state index contributed by atoms with van der Waals surface area (Å²) in [4.78, 5) is 19.8. The predicted octanol–water partition coefficient (Wildman–Crippen LogP) is 5.09. The van der Waals surface area contributed by atoms with Gasteiger partial charge in [0, 0.05) is 18.8 Å². The van der Waals surface area contributed by atoms with Crippen molar-refractivity contribution in [3.05, 3.63) is 53.4 Å². The molecule has 1 aliphatic heterocycles. The number of carbonyl (C=O) groups excluding carboxylic acids is 1. The maximum Gasteiger partial charge on any atom is 0.258 e. The van der Waals surface area contributed by atoms with Crippen LogP contribution in [0.15, 0.2) is 47.2 Å². The van der Waals surface area contributed by atoms with Crippen LogP contribution in [-0.4, -0.2) is 50.0 Å². The third-order valence-corrected chi connectivity index (χ3v) is 8.63. The number of hydrogen-bond acceptors (Lipinski definition) is 5. The third kappa shape index (κ3) is 6.65. The van der Waals surface area contributed by atoms with Crippen molar-refractivity contribution in [2.75, 3.05) is 31.6 Å². The Kier molecular flexibility index (Phi) is 8.06. The number of aliphatic hydroxyl groups is 1. The van der Waals surface area contributed by atoms with E-state index < -0.39 is 5.60 Å². The molecule has 0 bridgehead atoms. The lowest BCUT2D eigenvalue weighted by Crippen LogP contribution is -2.36. The largest absolute Gasteiger partial charge is 0.390 e. The van der Waals surface area contributed by atoms with E-state index in [1.165, 1.54) is 44.1 Å². The zero-order valence-corrected chi connectivity index (χ0v) is 22.4. The maximum absolute atomic E-state index is 13.4. The first-order chi connectivity index (χ1) is 17.2. The summed E-state index contributed by atoms with van der Waals surface area (Å²) in [6, 6.07) is 6.38. The van der Waals surface area contributed by atoms with Crippen molar-refractivity contribution in [1.29, 1.82) is 0 Å². The molecule has 1 amide bonds. The van der Waals surface area contributed by atoms with Gasteiger partial charge in [0.05, 0.1) is 11.2 Å². The molecule has 1 unspecified atom stereocenters. The molecule has 3 aliphatic rings. The summed E-state index contributed by atoms with van der Waals surface area (Å²) >= 11 is 0.